The Morgan fingerprint density at radius 3 is 2.55 bits per heavy atom. The maximum atomic E-state index is 12.2. The van der Waals surface area contributed by atoms with Crippen molar-refractivity contribution in [2.75, 3.05) is 0 Å². The lowest BCUT2D eigenvalue weighted by Gasteiger charge is -2.24. The van der Waals surface area contributed by atoms with Crippen LogP contribution in [-0.2, 0) is 17.8 Å². The van der Waals surface area contributed by atoms with Gasteiger partial charge in [-0.1, -0.05) is 18.2 Å². The van der Waals surface area contributed by atoms with Crippen molar-refractivity contribution >= 4 is 22.0 Å². The quantitative estimate of drug-likeness (QED) is 0.772. The first-order chi connectivity index (χ1) is 10.3. The topological polar surface area (TPSA) is 47.4 Å². The molecule has 0 unspecified atom stereocenters. The molecule has 0 aliphatic carbocycles. The zero-order chi connectivity index (χ0) is 15.9. The van der Waals surface area contributed by atoms with Gasteiger partial charge >= 0.3 is 6.09 Å². The van der Waals surface area contributed by atoms with Crippen LogP contribution in [0.5, 0.6) is 0 Å². The Hall–Kier alpha value is -1.82. The Morgan fingerprint density at radius 1 is 1.23 bits per heavy atom. The smallest absolute Gasteiger partial charge is 0.410 e. The van der Waals surface area contributed by atoms with Gasteiger partial charge in [-0.15, -0.1) is 0 Å². The van der Waals surface area contributed by atoms with Crippen LogP contribution in [0.15, 0.2) is 34.9 Å². The van der Waals surface area contributed by atoms with Crippen LogP contribution in [0, 0.1) is 0 Å². The van der Waals surface area contributed by atoms with E-state index in [2.05, 4.69) is 21.0 Å². The van der Waals surface area contributed by atoms with Crippen LogP contribution >= 0.6 is 15.9 Å². The van der Waals surface area contributed by atoms with Crippen molar-refractivity contribution in [1.82, 2.24) is 14.7 Å². The zero-order valence-corrected chi connectivity index (χ0v) is 14.4. The summed E-state index contributed by atoms with van der Waals surface area (Å²) in [6.45, 7) is 6.62. The molecule has 0 radical (unpaired) electrons. The highest BCUT2D eigenvalue weighted by atomic mass is 79.9. The van der Waals surface area contributed by atoms with E-state index in [0.29, 0.717) is 13.1 Å². The molecule has 1 aliphatic heterocycles. The third-order valence-electron chi connectivity index (χ3n) is 3.38. The fourth-order valence-corrected chi connectivity index (χ4v) is 2.95. The van der Waals surface area contributed by atoms with Crippen LogP contribution in [0.3, 0.4) is 0 Å². The van der Waals surface area contributed by atoms with Gasteiger partial charge < -0.3 is 4.74 Å². The Labute approximate surface area is 138 Å². The molecule has 0 atom stereocenters. The minimum absolute atomic E-state index is 0.296. The van der Waals surface area contributed by atoms with E-state index >= 15 is 0 Å². The number of amides is 1. The van der Waals surface area contributed by atoms with Crippen molar-refractivity contribution in [3.63, 3.8) is 0 Å². The first-order valence-corrected chi connectivity index (χ1v) is 7.94. The molecular weight excluding hydrogens is 346 g/mol. The SMILES string of the molecule is CC(C)(C)OC(=O)N1Cc2c(Br)nn(-c3ccccc3)c2C1. The summed E-state index contributed by atoms with van der Waals surface area (Å²) in [6.07, 6.45) is -0.296. The van der Waals surface area contributed by atoms with Crippen molar-refractivity contribution < 1.29 is 9.53 Å². The number of hydrogen-bond donors (Lipinski definition) is 0. The summed E-state index contributed by atoms with van der Waals surface area (Å²) in [5.74, 6) is 0. The van der Waals surface area contributed by atoms with Crippen molar-refractivity contribution in [1.29, 1.82) is 0 Å². The third kappa shape index (κ3) is 2.88. The third-order valence-corrected chi connectivity index (χ3v) is 4.02. The van der Waals surface area contributed by atoms with E-state index in [-0.39, 0.29) is 6.09 Å². The molecule has 1 aliphatic rings. The number of carbonyl (C=O) groups excluding carboxylic acids is 1. The van der Waals surface area contributed by atoms with E-state index in [9.17, 15) is 4.79 Å². The number of rotatable bonds is 1. The standard InChI is InChI=1S/C16H18BrN3O2/c1-16(2,3)22-15(21)19-9-12-13(10-19)20(18-14(12)17)11-7-5-4-6-8-11/h4-8H,9-10H2,1-3H3. The summed E-state index contributed by atoms with van der Waals surface area (Å²) in [5, 5.41) is 4.53. The summed E-state index contributed by atoms with van der Waals surface area (Å²) in [6, 6.07) is 9.90. The predicted octanol–water partition coefficient (Wildman–Crippen LogP) is 3.89. The number of halogens is 1. The fraction of sp³-hybridized carbons (Fsp3) is 0.375. The molecule has 0 bridgehead atoms. The maximum absolute atomic E-state index is 12.2. The summed E-state index contributed by atoms with van der Waals surface area (Å²) in [5.41, 5.74) is 2.54. The van der Waals surface area contributed by atoms with E-state index < -0.39 is 5.60 Å². The number of carbonyl (C=O) groups is 1. The second kappa shape index (κ2) is 5.43. The first kappa shape index (κ1) is 15.1. The Bertz CT molecular complexity index is 704. The molecular formula is C16H18BrN3O2. The molecule has 0 saturated carbocycles. The molecule has 2 heterocycles. The zero-order valence-electron chi connectivity index (χ0n) is 12.8. The van der Waals surface area contributed by atoms with E-state index in [1.54, 1.807) is 4.90 Å². The van der Waals surface area contributed by atoms with Gasteiger partial charge in [-0.3, -0.25) is 4.90 Å². The van der Waals surface area contributed by atoms with Crippen molar-refractivity contribution in [3.05, 3.63) is 46.2 Å². The fourth-order valence-electron chi connectivity index (χ4n) is 2.44. The molecule has 0 fully saturated rings. The molecule has 3 rings (SSSR count). The highest BCUT2D eigenvalue weighted by Gasteiger charge is 2.32. The van der Waals surface area contributed by atoms with Crippen LogP contribution in [0.4, 0.5) is 4.79 Å². The predicted molar refractivity (Wildman–Crippen MR) is 86.7 cm³/mol. The van der Waals surface area contributed by atoms with E-state index in [0.717, 1.165) is 21.5 Å². The van der Waals surface area contributed by atoms with Crippen molar-refractivity contribution in [2.24, 2.45) is 0 Å². The number of hydrogen-bond acceptors (Lipinski definition) is 3. The Morgan fingerprint density at radius 2 is 1.91 bits per heavy atom. The number of benzene rings is 1. The van der Waals surface area contributed by atoms with Crippen molar-refractivity contribution in [2.45, 2.75) is 39.5 Å². The van der Waals surface area contributed by atoms with Gasteiger partial charge in [0.1, 0.15) is 10.2 Å². The molecule has 0 saturated heterocycles. The molecule has 5 nitrogen and oxygen atoms in total. The largest absolute Gasteiger partial charge is 0.444 e. The molecule has 1 aromatic carbocycles. The highest BCUT2D eigenvalue weighted by molar-refractivity contribution is 9.10. The lowest BCUT2D eigenvalue weighted by Crippen LogP contribution is -2.33. The van der Waals surface area contributed by atoms with Gasteiger partial charge in [0.2, 0.25) is 0 Å². The maximum Gasteiger partial charge on any atom is 0.410 e. The number of fused-ring (bicyclic) bond motifs is 1. The molecule has 2 aromatic rings. The van der Waals surface area contributed by atoms with Crippen LogP contribution in [0.2, 0.25) is 0 Å². The van der Waals surface area contributed by atoms with Gasteiger partial charge in [0.05, 0.1) is 24.5 Å². The van der Waals surface area contributed by atoms with Gasteiger partial charge in [-0.2, -0.15) is 5.10 Å². The normalized spacial score (nSPS) is 14.1. The lowest BCUT2D eigenvalue weighted by molar-refractivity contribution is 0.0238. The summed E-state index contributed by atoms with van der Waals surface area (Å²) < 4.78 is 8.10. The van der Waals surface area contributed by atoms with Crippen molar-refractivity contribution in [3.8, 4) is 5.69 Å². The second-order valence-corrected chi connectivity index (χ2v) is 7.05. The molecule has 1 aromatic heterocycles. The van der Waals surface area contributed by atoms with Crippen LogP contribution in [0.1, 0.15) is 32.0 Å². The molecule has 22 heavy (non-hydrogen) atoms. The summed E-state index contributed by atoms with van der Waals surface area (Å²) in [7, 11) is 0. The minimum atomic E-state index is -0.492. The molecule has 0 N–H and O–H groups in total. The highest BCUT2D eigenvalue weighted by Crippen LogP contribution is 2.31. The number of para-hydroxylation sites is 1. The lowest BCUT2D eigenvalue weighted by atomic mass is 10.2. The Balaban J connectivity index is 1.87. The average Bonchev–Trinajstić information content (AvgIpc) is 2.99. The number of ether oxygens (including phenoxy) is 1. The van der Waals surface area contributed by atoms with Gasteiger partial charge in [0.25, 0.3) is 0 Å². The van der Waals surface area contributed by atoms with Crippen LogP contribution < -0.4 is 0 Å². The van der Waals surface area contributed by atoms with Crippen LogP contribution in [0.25, 0.3) is 5.69 Å². The summed E-state index contributed by atoms with van der Waals surface area (Å²) >= 11 is 3.49. The Kier molecular flexibility index (Phi) is 3.72. The first-order valence-electron chi connectivity index (χ1n) is 7.15. The van der Waals surface area contributed by atoms with Gasteiger partial charge in [0, 0.05) is 5.56 Å². The molecule has 0 spiro atoms. The molecule has 116 valence electrons. The average molecular weight is 364 g/mol. The van der Waals surface area contributed by atoms with E-state index in [4.69, 9.17) is 4.74 Å². The minimum Gasteiger partial charge on any atom is -0.444 e. The molecule has 6 heteroatoms. The van der Waals surface area contributed by atoms with Crippen LogP contribution in [-0.4, -0.2) is 26.4 Å². The van der Waals surface area contributed by atoms with E-state index in [1.807, 2.05) is 55.8 Å². The molecule has 1 amide bonds. The number of aromatic nitrogens is 2. The van der Waals surface area contributed by atoms with Gasteiger partial charge in [-0.05, 0) is 48.8 Å². The van der Waals surface area contributed by atoms with Gasteiger partial charge in [-0.25, -0.2) is 9.48 Å². The monoisotopic (exact) mass is 363 g/mol. The van der Waals surface area contributed by atoms with Gasteiger partial charge in [0.15, 0.2) is 0 Å². The van der Waals surface area contributed by atoms with E-state index in [1.165, 1.54) is 0 Å². The number of nitrogens with zero attached hydrogens (tertiary/aromatic N) is 3. The summed E-state index contributed by atoms with van der Waals surface area (Å²) in [4.78, 5) is 13.9. The second-order valence-electron chi connectivity index (χ2n) is 6.30.